The highest BCUT2D eigenvalue weighted by Crippen LogP contribution is 2.31. The molecule has 1 N–H and O–H groups in total. The van der Waals surface area contributed by atoms with Crippen molar-refractivity contribution in [3.05, 3.63) is 0 Å². The average molecular weight is 290 g/mol. The van der Waals surface area contributed by atoms with E-state index in [4.69, 9.17) is 4.74 Å². The lowest BCUT2D eigenvalue weighted by Gasteiger charge is -2.29. The maximum absolute atomic E-state index is 12.4. The zero-order valence-electron chi connectivity index (χ0n) is 11.3. The first-order valence-corrected chi connectivity index (χ1v) is 8.43. The number of ether oxygens (including phenoxy) is 1. The van der Waals surface area contributed by atoms with Crippen molar-refractivity contribution < 1.29 is 17.9 Å². The van der Waals surface area contributed by atoms with Gasteiger partial charge in [-0.15, -0.1) is 4.83 Å². The fourth-order valence-electron chi connectivity index (χ4n) is 2.95. The molecule has 0 aromatic rings. The smallest absolute Gasteiger partial charge is 0.310 e. The Balaban J connectivity index is 2.03. The number of sulfonamides is 1. The SMILES string of the molecule is COC(=O)C1CCCC1S(=O)(=O)NN1CCCCC1. The number of hydrogen-bond donors (Lipinski definition) is 1. The molecular weight excluding hydrogens is 268 g/mol. The second-order valence-electron chi connectivity index (χ2n) is 5.28. The number of nitrogens with one attached hydrogen (secondary N) is 1. The average Bonchev–Trinajstić information content (AvgIpc) is 2.88. The fourth-order valence-corrected chi connectivity index (χ4v) is 4.79. The van der Waals surface area contributed by atoms with Crippen LogP contribution in [0, 0.1) is 5.92 Å². The topological polar surface area (TPSA) is 75.7 Å². The molecule has 2 aliphatic rings. The van der Waals surface area contributed by atoms with Gasteiger partial charge in [0.25, 0.3) is 0 Å². The van der Waals surface area contributed by atoms with E-state index in [0.29, 0.717) is 12.8 Å². The molecule has 0 aromatic carbocycles. The van der Waals surface area contributed by atoms with Crippen LogP contribution in [0.2, 0.25) is 0 Å². The molecule has 2 fully saturated rings. The quantitative estimate of drug-likeness (QED) is 0.769. The summed E-state index contributed by atoms with van der Waals surface area (Å²) in [5.41, 5.74) is 0. The normalized spacial score (nSPS) is 29.3. The van der Waals surface area contributed by atoms with Crippen LogP contribution in [-0.2, 0) is 19.6 Å². The second kappa shape index (κ2) is 6.19. The summed E-state index contributed by atoms with van der Waals surface area (Å²) >= 11 is 0. The van der Waals surface area contributed by atoms with Gasteiger partial charge in [0.05, 0.1) is 18.3 Å². The first kappa shape index (κ1) is 14.7. The Morgan fingerprint density at radius 1 is 1.16 bits per heavy atom. The molecule has 0 aromatic heterocycles. The molecule has 1 saturated heterocycles. The number of esters is 1. The van der Waals surface area contributed by atoms with Gasteiger partial charge in [0, 0.05) is 13.1 Å². The number of rotatable bonds is 4. The zero-order chi connectivity index (χ0) is 13.9. The van der Waals surface area contributed by atoms with Gasteiger partial charge in [-0.3, -0.25) is 4.79 Å². The second-order valence-corrected chi connectivity index (χ2v) is 7.16. The van der Waals surface area contributed by atoms with Crippen LogP contribution in [0.3, 0.4) is 0 Å². The first-order chi connectivity index (χ1) is 9.04. The maximum atomic E-state index is 12.4. The highest BCUT2D eigenvalue weighted by molar-refractivity contribution is 7.90. The van der Waals surface area contributed by atoms with Crippen LogP contribution in [0.5, 0.6) is 0 Å². The van der Waals surface area contributed by atoms with Crippen molar-refractivity contribution >= 4 is 16.0 Å². The summed E-state index contributed by atoms with van der Waals surface area (Å²) in [6.45, 7) is 1.49. The molecule has 19 heavy (non-hydrogen) atoms. The number of hydrogen-bond acceptors (Lipinski definition) is 5. The molecule has 0 bridgehead atoms. The molecule has 1 aliphatic carbocycles. The molecular formula is C12H22N2O4S. The minimum Gasteiger partial charge on any atom is -0.469 e. The van der Waals surface area contributed by atoms with Gasteiger partial charge in [-0.1, -0.05) is 12.8 Å². The molecule has 110 valence electrons. The van der Waals surface area contributed by atoms with Crippen LogP contribution >= 0.6 is 0 Å². The first-order valence-electron chi connectivity index (χ1n) is 6.88. The van der Waals surface area contributed by atoms with Crippen LogP contribution < -0.4 is 4.83 Å². The fraction of sp³-hybridized carbons (Fsp3) is 0.917. The van der Waals surface area contributed by atoms with Gasteiger partial charge in [0.15, 0.2) is 0 Å². The lowest BCUT2D eigenvalue weighted by molar-refractivity contribution is -0.145. The summed E-state index contributed by atoms with van der Waals surface area (Å²) in [7, 11) is -2.18. The molecule has 2 unspecified atom stereocenters. The molecule has 1 aliphatic heterocycles. The Morgan fingerprint density at radius 2 is 1.84 bits per heavy atom. The van der Waals surface area contributed by atoms with Crippen LogP contribution in [0.4, 0.5) is 0 Å². The highest BCUT2D eigenvalue weighted by Gasteiger charge is 2.42. The lowest BCUT2D eigenvalue weighted by Crippen LogP contribution is -2.49. The third-order valence-electron chi connectivity index (χ3n) is 3.97. The summed E-state index contributed by atoms with van der Waals surface area (Å²) in [6, 6.07) is 0. The molecule has 2 atom stereocenters. The largest absolute Gasteiger partial charge is 0.469 e. The van der Waals surface area contributed by atoms with E-state index >= 15 is 0 Å². The van der Waals surface area contributed by atoms with E-state index in [2.05, 4.69) is 4.83 Å². The maximum Gasteiger partial charge on any atom is 0.310 e. The summed E-state index contributed by atoms with van der Waals surface area (Å²) in [5.74, 6) is -0.932. The Hall–Kier alpha value is -0.660. The van der Waals surface area contributed by atoms with Crippen molar-refractivity contribution in [1.29, 1.82) is 0 Å². The zero-order valence-corrected chi connectivity index (χ0v) is 12.1. The van der Waals surface area contributed by atoms with Crippen LogP contribution in [0.15, 0.2) is 0 Å². The van der Waals surface area contributed by atoms with Gasteiger partial charge in [-0.05, 0) is 25.7 Å². The van der Waals surface area contributed by atoms with E-state index < -0.39 is 27.2 Å². The van der Waals surface area contributed by atoms with Crippen molar-refractivity contribution in [2.75, 3.05) is 20.2 Å². The molecule has 1 heterocycles. The monoisotopic (exact) mass is 290 g/mol. The summed E-state index contributed by atoms with van der Waals surface area (Å²) < 4.78 is 29.4. The summed E-state index contributed by atoms with van der Waals surface area (Å²) in [4.78, 5) is 14.3. The van der Waals surface area contributed by atoms with Crippen molar-refractivity contribution in [3.63, 3.8) is 0 Å². The highest BCUT2D eigenvalue weighted by atomic mass is 32.2. The van der Waals surface area contributed by atoms with E-state index in [1.165, 1.54) is 7.11 Å². The predicted molar refractivity (Wildman–Crippen MR) is 70.6 cm³/mol. The van der Waals surface area contributed by atoms with Gasteiger partial charge in [-0.25, -0.2) is 13.4 Å². The minimum absolute atomic E-state index is 0.411. The minimum atomic E-state index is -3.49. The molecule has 0 spiro atoms. The molecule has 0 radical (unpaired) electrons. The van der Waals surface area contributed by atoms with Gasteiger partial charge < -0.3 is 4.74 Å². The predicted octanol–water partition coefficient (Wildman–Crippen LogP) is 0.648. The molecule has 1 saturated carbocycles. The molecule has 0 amide bonds. The van der Waals surface area contributed by atoms with Gasteiger partial charge in [0.2, 0.25) is 10.0 Å². The van der Waals surface area contributed by atoms with Crippen molar-refractivity contribution in [2.45, 2.75) is 43.8 Å². The van der Waals surface area contributed by atoms with E-state index in [-0.39, 0.29) is 0 Å². The van der Waals surface area contributed by atoms with E-state index in [9.17, 15) is 13.2 Å². The number of nitrogens with zero attached hydrogens (tertiary/aromatic N) is 1. The van der Waals surface area contributed by atoms with Gasteiger partial charge >= 0.3 is 5.97 Å². The molecule has 2 rings (SSSR count). The van der Waals surface area contributed by atoms with Crippen molar-refractivity contribution in [2.24, 2.45) is 5.92 Å². The number of piperidine rings is 1. The third kappa shape index (κ3) is 3.46. The third-order valence-corrected chi connectivity index (χ3v) is 5.84. The van der Waals surface area contributed by atoms with Crippen molar-refractivity contribution in [1.82, 2.24) is 9.84 Å². The Bertz CT molecular complexity index is 417. The Kier molecular flexibility index (Phi) is 4.81. The molecule has 6 nitrogen and oxygen atoms in total. The standard InChI is InChI=1S/C12H22N2O4S/c1-18-12(15)10-6-5-7-11(10)19(16,17)13-14-8-3-2-4-9-14/h10-11,13H,2-9H2,1H3. The summed E-state index contributed by atoms with van der Waals surface area (Å²) in [6.07, 6.45) is 5.04. The van der Waals surface area contributed by atoms with Crippen molar-refractivity contribution in [3.8, 4) is 0 Å². The van der Waals surface area contributed by atoms with E-state index in [1.807, 2.05) is 0 Å². The van der Waals surface area contributed by atoms with Gasteiger partial charge in [0.1, 0.15) is 0 Å². The van der Waals surface area contributed by atoms with Crippen LogP contribution in [-0.4, -0.2) is 44.8 Å². The Labute approximate surface area is 114 Å². The van der Waals surface area contributed by atoms with E-state index in [0.717, 1.165) is 38.8 Å². The van der Waals surface area contributed by atoms with E-state index in [1.54, 1.807) is 5.01 Å². The number of methoxy groups -OCH3 is 1. The van der Waals surface area contributed by atoms with Crippen LogP contribution in [0.1, 0.15) is 38.5 Å². The number of carbonyl (C=O) groups is 1. The number of hydrazine groups is 1. The summed E-state index contributed by atoms with van der Waals surface area (Å²) in [5, 5.41) is 1.10. The Morgan fingerprint density at radius 3 is 2.47 bits per heavy atom. The number of carbonyl (C=O) groups excluding carboxylic acids is 1. The molecule has 7 heteroatoms. The van der Waals surface area contributed by atoms with Gasteiger partial charge in [-0.2, -0.15) is 0 Å². The van der Waals surface area contributed by atoms with Crippen LogP contribution in [0.25, 0.3) is 0 Å². The lowest BCUT2D eigenvalue weighted by atomic mass is 10.1.